The molecule has 1 aromatic heterocycles. The third-order valence-electron chi connectivity index (χ3n) is 6.75. The van der Waals surface area contributed by atoms with Crippen molar-refractivity contribution in [1.29, 1.82) is 5.26 Å². The van der Waals surface area contributed by atoms with Gasteiger partial charge in [0.2, 0.25) is 5.91 Å². The molecule has 1 aliphatic rings. The number of nitrogens with two attached hydrogens (primary N) is 2. The molecule has 3 aromatic rings. The molecule has 2 aromatic carbocycles. The molecule has 38 heavy (non-hydrogen) atoms. The number of carbonyl (C=O) groups excluding carboxylic acids is 1. The lowest BCUT2D eigenvalue weighted by atomic mass is 9.86. The number of ether oxygens (including phenoxy) is 1. The Morgan fingerprint density at radius 1 is 1.26 bits per heavy atom. The van der Waals surface area contributed by atoms with Crippen molar-refractivity contribution in [3.63, 3.8) is 0 Å². The maximum atomic E-state index is 12.3. The molecule has 2 unspecified atom stereocenters. The first-order valence-corrected chi connectivity index (χ1v) is 12.7. The van der Waals surface area contributed by atoms with Gasteiger partial charge in [0.1, 0.15) is 29.3 Å². The summed E-state index contributed by atoms with van der Waals surface area (Å²) in [5.41, 5.74) is 13.6. The van der Waals surface area contributed by atoms with Crippen LogP contribution in [0, 0.1) is 11.3 Å². The quantitative estimate of drug-likeness (QED) is 0.299. The molecule has 10 nitrogen and oxygen atoms in total. The van der Waals surface area contributed by atoms with Crippen molar-refractivity contribution in [3.05, 3.63) is 70.8 Å². The van der Waals surface area contributed by atoms with Gasteiger partial charge in [0.25, 0.3) is 0 Å². The van der Waals surface area contributed by atoms with E-state index in [2.05, 4.69) is 6.07 Å². The van der Waals surface area contributed by atoms with Crippen LogP contribution in [-0.4, -0.2) is 52.9 Å². The predicted molar refractivity (Wildman–Crippen MR) is 143 cm³/mol. The van der Waals surface area contributed by atoms with Crippen molar-refractivity contribution in [1.82, 2.24) is 4.98 Å². The first kappa shape index (κ1) is 26.9. The SMILES string of the molecule is CN1c2nc(SCc3cccc(C(N)=O)c3)c(C#N)c(-c3ccc(OCCO)cc3)c2C(N)C1(C)C(=O)O. The van der Waals surface area contributed by atoms with E-state index in [1.165, 1.54) is 23.6 Å². The van der Waals surface area contributed by atoms with E-state index >= 15 is 0 Å². The number of carboxylic acids is 1. The number of aromatic nitrogens is 1. The standard InChI is InChI=1S/C27H27N5O5S/c1-27(26(35)36)22(29)21-20(16-6-8-18(9-7-16)37-11-10-33)19(13-28)25(31-24(21)32(27)2)38-14-15-4-3-5-17(12-15)23(30)34/h3-9,12,22,33H,10-11,14,29H2,1-2H3,(H2,30,34)(H,35,36). The number of nitriles is 1. The van der Waals surface area contributed by atoms with Gasteiger partial charge >= 0.3 is 5.97 Å². The monoisotopic (exact) mass is 533 g/mol. The summed E-state index contributed by atoms with van der Waals surface area (Å²) < 4.78 is 5.46. The summed E-state index contributed by atoms with van der Waals surface area (Å²) in [5.74, 6) is -0.346. The molecular weight excluding hydrogens is 506 g/mol. The number of amides is 1. The van der Waals surface area contributed by atoms with E-state index in [0.717, 1.165) is 5.56 Å². The lowest BCUT2D eigenvalue weighted by Crippen LogP contribution is -2.53. The molecule has 196 valence electrons. The summed E-state index contributed by atoms with van der Waals surface area (Å²) >= 11 is 1.29. The van der Waals surface area contributed by atoms with Crippen LogP contribution >= 0.6 is 11.8 Å². The molecule has 0 aliphatic carbocycles. The van der Waals surface area contributed by atoms with Gasteiger partial charge in [-0.3, -0.25) is 4.79 Å². The Morgan fingerprint density at radius 3 is 2.58 bits per heavy atom. The number of hydrogen-bond acceptors (Lipinski definition) is 9. The van der Waals surface area contributed by atoms with E-state index in [0.29, 0.717) is 44.6 Å². The number of likely N-dealkylation sites (N-methyl/N-ethyl adjacent to an activating group) is 1. The molecule has 0 radical (unpaired) electrons. The fraction of sp³-hybridized carbons (Fsp3) is 0.259. The zero-order chi connectivity index (χ0) is 27.6. The minimum absolute atomic E-state index is 0.129. The molecule has 0 saturated carbocycles. The molecular formula is C27H27N5O5S. The van der Waals surface area contributed by atoms with Crippen LogP contribution in [0.5, 0.6) is 5.75 Å². The van der Waals surface area contributed by atoms with Crippen molar-refractivity contribution in [2.45, 2.75) is 29.3 Å². The van der Waals surface area contributed by atoms with E-state index in [4.69, 9.17) is 26.3 Å². The largest absolute Gasteiger partial charge is 0.491 e. The Morgan fingerprint density at radius 2 is 1.97 bits per heavy atom. The van der Waals surface area contributed by atoms with E-state index < -0.39 is 23.5 Å². The zero-order valence-corrected chi connectivity index (χ0v) is 21.7. The van der Waals surface area contributed by atoms with Gasteiger partial charge < -0.3 is 31.3 Å². The van der Waals surface area contributed by atoms with Crippen molar-refractivity contribution in [3.8, 4) is 22.9 Å². The molecule has 6 N–H and O–H groups in total. The van der Waals surface area contributed by atoms with Gasteiger partial charge in [0, 0.05) is 29.5 Å². The van der Waals surface area contributed by atoms with Crippen molar-refractivity contribution >= 4 is 29.5 Å². The van der Waals surface area contributed by atoms with Crippen LogP contribution in [0.4, 0.5) is 5.82 Å². The summed E-state index contributed by atoms with van der Waals surface area (Å²) in [4.78, 5) is 30.2. The van der Waals surface area contributed by atoms with Crippen molar-refractivity contribution in [2.75, 3.05) is 25.2 Å². The molecule has 4 rings (SSSR count). The number of aliphatic hydroxyl groups excluding tert-OH is 1. The Bertz CT molecular complexity index is 1440. The highest BCUT2D eigenvalue weighted by Crippen LogP contribution is 2.50. The number of thioether (sulfide) groups is 1. The molecule has 0 bridgehead atoms. The number of carbonyl (C=O) groups is 2. The highest BCUT2D eigenvalue weighted by atomic mass is 32.2. The number of nitrogens with zero attached hydrogens (tertiary/aromatic N) is 3. The summed E-state index contributed by atoms with van der Waals surface area (Å²) in [7, 11) is 1.62. The summed E-state index contributed by atoms with van der Waals surface area (Å²) in [6, 6.07) is 15.1. The number of fused-ring (bicyclic) bond motifs is 1. The maximum absolute atomic E-state index is 12.3. The van der Waals surface area contributed by atoms with Crippen molar-refractivity contribution < 1.29 is 24.5 Å². The minimum Gasteiger partial charge on any atom is -0.491 e. The number of benzene rings is 2. The first-order valence-electron chi connectivity index (χ1n) is 11.7. The van der Waals surface area contributed by atoms with Crippen LogP contribution in [0.1, 0.15) is 40.0 Å². The Labute approximate surface area is 223 Å². The number of aliphatic hydroxyl groups is 1. The fourth-order valence-electron chi connectivity index (χ4n) is 4.46. The van der Waals surface area contributed by atoms with E-state index in [9.17, 15) is 20.0 Å². The van der Waals surface area contributed by atoms with Crippen molar-refractivity contribution in [2.24, 2.45) is 11.5 Å². The average molecular weight is 534 g/mol. The number of primary amides is 1. The van der Waals surface area contributed by atoms with Gasteiger partial charge in [0.15, 0.2) is 5.54 Å². The number of hydrogen-bond donors (Lipinski definition) is 4. The smallest absolute Gasteiger partial charge is 0.331 e. The average Bonchev–Trinajstić information content (AvgIpc) is 3.11. The molecule has 0 saturated heterocycles. The summed E-state index contributed by atoms with van der Waals surface area (Å²) in [5, 5.41) is 29.8. The van der Waals surface area contributed by atoms with Gasteiger partial charge in [-0.25, -0.2) is 9.78 Å². The summed E-state index contributed by atoms with van der Waals surface area (Å²) in [6.45, 7) is 1.54. The molecule has 0 fully saturated rings. The van der Waals surface area contributed by atoms with Crippen LogP contribution in [0.2, 0.25) is 0 Å². The van der Waals surface area contributed by atoms with Gasteiger partial charge in [0.05, 0.1) is 18.2 Å². The van der Waals surface area contributed by atoms with Crippen LogP contribution < -0.4 is 21.1 Å². The van der Waals surface area contributed by atoms with Gasteiger partial charge in [-0.1, -0.05) is 24.3 Å². The normalized spacial score (nSPS) is 18.1. The molecule has 2 atom stereocenters. The van der Waals surface area contributed by atoms with E-state index in [-0.39, 0.29) is 18.8 Å². The number of rotatable bonds is 9. The third-order valence-corrected chi connectivity index (χ3v) is 7.79. The lowest BCUT2D eigenvalue weighted by molar-refractivity contribution is -0.143. The molecule has 0 spiro atoms. The van der Waals surface area contributed by atoms with Gasteiger partial charge in [-0.2, -0.15) is 5.26 Å². The van der Waals surface area contributed by atoms with Crippen LogP contribution in [0.3, 0.4) is 0 Å². The first-order chi connectivity index (χ1) is 18.1. The van der Waals surface area contributed by atoms with Crippen LogP contribution in [0.25, 0.3) is 11.1 Å². The highest BCUT2D eigenvalue weighted by molar-refractivity contribution is 7.98. The number of pyridine rings is 1. The second kappa shape index (κ2) is 10.7. The van der Waals surface area contributed by atoms with E-state index in [1.54, 1.807) is 49.5 Å². The fourth-order valence-corrected chi connectivity index (χ4v) is 5.38. The summed E-state index contributed by atoms with van der Waals surface area (Å²) in [6.07, 6.45) is 0. The Hall–Kier alpha value is -4.11. The van der Waals surface area contributed by atoms with Gasteiger partial charge in [-0.05, 0) is 42.3 Å². The highest BCUT2D eigenvalue weighted by Gasteiger charge is 2.53. The molecule has 2 heterocycles. The molecule has 11 heteroatoms. The van der Waals surface area contributed by atoms with Crippen LogP contribution in [0.15, 0.2) is 53.6 Å². The third kappa shape index (κ3) is 4.65. The topological polar surface area (TPSA) is 176 Å². The zero-order valence-electron chi connectivity index (χ0n) is 20.8. The Balaban J connectivity index is 1.85. The molecule has 1 amide bonds. The lowest BCUT2D eigenvalue weighted by Gasteiger charge is -2.32. The second-order valence-electron chi connectivity index (χ2n) is 8.96. The number of aliphatic carboxylic acids is 1. The van der Waals surface area contributed by atoms with E-state index in [1.807, 2.05) is 6.07 Å². The van der Waals surface area contributed by atoms with Gasteiger partial charge in [-0.15, -0.1) is 11.8 Å². The Kier molecular flexibility index (Phi) is 7.59. The minimum atomic E-state index is -1.49. The predicted octanol–water partition coefficient (Wildman–Crippen LogP) is 2.68. The number of carboxylic acid groups (broad SMARTS) is 1. The number of anilines is 1. The molecule has 1 aliphatic heterocycles. The maximum Gasteiger partial charge on any atom is 0.331 e. The second-order valence-corrected chi connectivity index (χ2v) is 9.92. The van der Waals surface area contributed by atoms with Crippen LogP contribution in [-0.2, 0) is 10.5 Å².